The molecule has 1 amide bonds. The Morgan fingerprint density at radius 3 is 2.32 bits per heavy atom. The number of aromatic nitrogens is 2. The molecule has 0 spiro atoms. The van der Waals surface area contributed by atoms with Crippen molar-refractivity contribution in [3.05, 3.63) is 42.2 Å². The Morgan fingerprint density at radius 2 is 1.75 bits per heavy atom. The topological polar surface area (TPSA) is 138 Å². The number of nitrogens with zero attached hydrogens (tertiary/aromatic N) is 3. The van der Waals surface area contributed by atoms with E-state index in [-0.39, 0.29) is 29.8 Å². The fourth-order valence-electron chi connectivity index (χ4n) is 2.51. The average Bonchev–Trinajstić information content (AvgIpc) is 2.52. The van der Waals surface area contributed by atoms with Crippen LogP contribution >= 0.6 is 0 Å². The van der Waals surface area contributed by atoms with E-state index in [1.807, 2.05) is 0 Å². The van der Waals surface area contributed by atoms with Crippen LogP contribution in [0.5, 0.6) is 0 Å². The second kappa shape index (κ2) is 7.45. The van der Waals surface area contributed by atoms with Crippen LogP contribution in [0.4, 0.5) is 11.6 Å². The van der Waals surface area contributed by atoms with E-state index in [0.717, 1.165) is 6.26 Å². The van der Waals surface area contributed by atoms with Gasteiger partial charge in [0.05, 0.1) is 17.1 Å². The van der Waals surface area contributed by atoms with Gasteiger partial charge in [0.1, 0.15) is 0 Å². The zero-order chi connectivity index (χ0) is 20.5. The lowest BCUT2D eigenvalue weighted by atomic mass is 10.0. The van der Waals surface area contributed by atoms with Crippen LogP contribution < -0.4 is 10.0 Å². The number of hydrogen-bond acceptors (Lipinski definition) is 7. The van der Waals surface area contributed by atoms with E-state index < -0.39 is 26.0 Å². The van der Waals surface area contributed by atoms with Crippen LogP contribution in [0.2, 0.25) is 0 Å². The van der Waals surface area contributed by atoms with Gasteiger partial charge < -0.3 is 5.32 Å². The Balaban J connectivity index is 1.62. The normalized spacial score (nSPS) is 15.6. The molecular formula is C16H19N5O5S2. The summed E-state index contributed by atoms with van der Waals surface area (Å²) in [7, 11) is -7.16. The monoisotopic (exact) mass is 425 g/mol. The number of amides is 1. The molecule has 1 aromatic carbocycles. The van der Waals surface area contributed by atoms with Gasteiger partial charge in [-0.2, -0.15) is 0 Å². The van der Waals surface area contributed by atoms with Gasteiger partial charge in [0.15, 0.2) is 0 Å². The highest BCUT2D eigenvalue weighted by Crippen LogP contribution is 2.22. The van der Waals surface area contributed by atoms with Gasteiger partial charge in [-0.3, -0.25) is 4.79 Å². The van der Waals surface area contributed by atoms with Gasteiger partial charge in [-0.05, 0) is 37.3 Å². The maximum Gasteiger partial charge on any atom is 0.264 e. The van der Waals surface area contributed by atoms with Crippen LogP contribution in [0, 0.1) is 12.8 Å². The predicted octanol–water partition coefficient (Wildman–Crippen LogP) is 0.416. The number of aryl methyl sites for hydroxylation is 1. The zero-order valence-electron chi connectivity index (χ0n) is 15.2. The molecule has 0 radical (unpaired) electrons. The first-order valence-corrected chi connectivity index (χ1v) is 11.6. The minimum Gasteiger partial charge on any atom is -0.326 e. The van der Waals surface area contributed by atoms with Crippen molar-refractivity contribution in [2.24, 2.45) is 5.92 Å². The van der Waals surface area contributed by atoms with Crippen LogP contribution in [0.3, 0.4) is 0 Å². The first-order valence-electron chi connectivity index (χ1n) is 8.23. The van der Waals surface area contributed by atoms with Crippen molar-refractivity contribution >= 4 is 37.6 Å². The van der Waals surface area contributed by atoms with E-state index in [2.05, 4.69) is 20.0 Å². The fourth-order valence-corrected chi connectivity index (χ4v) is 4.37. The van der Waals surface area contributed by atoms with Crippen molar-refractivity contribution in [1.29, 1.82) is 0 Å². The van der Waals surface area contributed by atoms with Crippen molar-refractivity contribution in [3.8, 4) is 0 Å². The van der Waals surface area contributed by atoms with E-state index in [4.69, 9.17) is 0 Å². The lowest BCUT2D eigenvalue weighted by molar-refractivity contribution is -0.122. The third kappa shape index (κ3) is 4.64. The van der Waals surface area contributed by atoms with Gasteiger partial charge in [0, 0.05) is 30.7 Å². The summed E-state index contributed by atoms with van der Waals surface area (Å²) in [6, 6.07) is 7.24. The van der Waals surface area contributed by atoms with Crippen LogP contribution in [-0.4, -0.2) is 56.4 Å². The molecule has 10 nitrogen and oxygen atoms in total. The Morgan fingerprint density at radius 1 is 1.11 bits per heavy atom. The van der Waals surface area contributed by atoms with E-state index in [9.17, 15) is 21.6 Å². The van der Waals surface area contributed by atoms with Crippen LogP contribution in [0.15, 0.2) is 41.4 Å². The molecule has 150 valence electrons. The number of nitrogens with one attached hydrogen (secondary N) is 2. The smallest absolute Gasteiger partial charge is 0.264 e. The zero-order valence-corrected chi connectivity index (χ0v) is 16.8. The molecule has 0 saturated carbocycles. The Labute approximate surface area is 163 Å². The summed E-state index contributed by atoms with van der Waals surface area (Å²) in [6.45, 7) is 1.99. The van der Waals surface area contributed by atoms with E-state index >= 15 is 0 Å². The highest BCUT2D eigenvalue weighted by molar-refractivity contribution is 7.92. The maximum atomic E-state index is 12.4. The van der Waals surface area contributed by atoms with Crippen molar-refractivity contribution in [2.75, 3.05) is 29.4 Å². The van der Waals surface area contributed by atoms with Crippen molar-refractivity contribution < 1.29 is 21.6 Å². The largest absolute Gasteiger partial charge is 0.326 e. The van der Waals surface area contributed by atoms with Crippen LogP contribution in [-0.2, 0) is 24.8 Å². The number of hydrogen-bond donors (Lipinski definition) is 2. The van der Waals surface area contributed by atoms with Crippen molar-refractivity contribution in [3.63, 3.8) is 0 Å². The predicted molar refractivity (Wildman–Crippen MR) is 103 cm³/mol. The van der Waals surface area contributed by atoms with Gasteiger partial charge in [0.25, 0.3) is 10.0 Å². The fraction of sp³-hybridized carbons (Fsp3) is 0.312. The number of carbonyl (C=O) groups excluding carboxylic acids is 1. The number of carbonyl (C=O) groups is 1. The minimum absolute atomic E-state index is 0.0116. The highest BCUT2D eigenvalue weighted by Gasteiger charge is 2.37. The molecule has 0 aliphatic carbocycles. The third-order valence-corrected chi connectivity index (χ3v) is 6.72. The summed E-state index contributed by atoms with van der Waals surface area (Å²) in [6.07, 6.45) is 2.54. The summed E-state index contributed by atoms with van der Waals surface area (Å²) in [5, 5.41) is 2.65. The first kappa shape index (κ1) is 20.2. The highest BCUT2D eigenvalue weighted by atomic mass is 32.2. The van der Waals surface area contributed by atoms with Gasteiger partial charge in [-0.25, -0.2) is 35.8 Å². The molecule has 0 atom stereocenters. The molecule has 1 fully saturated rings. The SMILES string of the molecule is Cc1ccnc(NS(=O)(=O)c2ccc(NC(=O)C3CN(S(C)(=O)=O)C3)cc2)n1. The van der Waals surface area contributed by atoms with Gasteiger partial charge in [0.2, 0.25) is 21.9 Å². The molecule has 1 aliphatic heterocycles. The molecule has 1 saturated heterocycles. The summed E-state index contributed by atoms with van der Waals surface area (Å²) >= 11 is 0. The quantitative estimate of drug-likeness (QED) is 0.684. The summed E-state index contributed by atoms with van der Waals surface area (Å²) < 4.78 is 51.0. The standard InChI is InChI=1S/C16H19N5O5S2/c1-11-7-8-17-16(18-11)20-28(25,26)14-5-3-13(4-6-14)19-15(22)12-9-21(10-12)27(2,23)24/h3-8,12H,9-10H2,1-2H3,(H,19,22)(H,17,18,20). The number of sulfonamides is 2. The number of rotatable bonds is 6. The molecule has 0 unspecified atom stereocenters. The van der Waals surface area contributed by atoms with E-state index in [0.29, 0.717) is 11.4 Å². The molecule has 2 N–H and O–H groups in total. The molecule has 2 aromatic rings. The molecule has 1 aromatic heterocycles. The van der Waals surface area contributed by atoms with Crippen LogP contribution in [0.1, 0.15) is 5.69 Å². The van der Waals surface area contributed by atoms with Crippen molar-refractivity contribution in [2.45, 2.75) is 11.8 Å². The molecule has 0 bridgehead atoms. The summed E-state index contributed by atoms with van der Waals surface area (Å²) in [5.74, 6) is -0.780. The number of benzene rings is 1. The van der Waals surface area contributed by atoms with Gasteiger partial charge in [-0.1, -0.05) is 0 Å². The van der Waals surface area contributed by atoms with E-state index in [1.165, 1.54) is 34.8 Å². The molecule has 12 heteroatoms. The Kier molecular flexibility index (Phi) is 5.37. The average molecular weight is 425 g/mol. The second-order valence-electron chi connectivity index (χ2n) is 6.42. The molecule has 1 aliphatic rings. The maximum absolute atomic E-state index is 12.4. The lowest BCUT2D eigenvalue weighted by Gasteiger charge is -2.35. The summed E-state index contributed by atoms with van der Waals surface area (Å²) in [5.41, 5.74) is 1.03. The second-order valence-corrected chi connectivity index (χ2v) is 10.1. The minimum atomic E-state index is -3.87. The van der Waals surface area contributed by atoms with Gasteiger partial charge in [-0.15, -0.1) is 0 Å². The molecule has 3 rings (SSSR count). The number of anilines is 2. The Hall–Kier alpha value is -2.57. The van der Waals surface area contributed by atoms with Gasteiger partial charge >= 0.3 is 0 Å². The van der Waals surface area contributed by atoms with Crippen LogP contribution in [0.25, 0.3) is 0 Å². The Bertz CT molecular complexity index is 1090. The summed E-state index contributed by atoms with van der Waals surface area (Å²) in [4.78, 5) is 20.0. The first-order chi connectivity index (χ1) is 13.0. The molecule has 2 heterocycles. The van der Waals surface area contributed by atoms with E-state index in [1.54, 1.807) is 13.0 Å². The molecular weight excluding hydrogens is 406 g/mol. The van der Waals surface area contributed by atoms with Crippen molar-refractivity contribution in [1.82, 2.24) is 14.3 Å². The lowest BCUT2D eigenvalue weighted by Crippen LogP contribution is -2.53. The third-order valence-electron chi connectivity index (χ3n) is 4.14. The molecule has 28 heavy (non-hydrogen) atoms.